The van der Waals surface area contributed by atoms with Crippen LogP contribution in [0.1, 0.15) is 0 Å². The maximum Gasteiger partial charge on any atom is 0.238 e. The number of benzene rings is 2. The molecule has 8 heteroatoms. The zero-order chi connectivity index (χ0) is 20.6. The SMILES string of the molecule is O=C(CN1CCN(CC(O)COc2ccc(F)cc2)CC1)Nc1ccc(F)cc1. The first-order valence-electron chi connectivity index (χ1n) is 9.54. The summed E-state index contributed by atoms with van der Waals surface area (Å²) in [7, 11) is 0. The van der Waals surface area contributed by atoms with Gasteiger partial charge in [-0.2, -0.15) is 0 Å². The largest absolute Gasteiger partial charge is 0.491 e. The van der Waals surface area contributed by atoms with Crippen molar-refractivity contribution in [2.45, 2.75) is 6.10 Å². The summed E-state index contributed by atoms with van der Waals surface area (Å²) in [5, 5.41) is 12.9. The molecule has 1 heterocycles. The predicted octanol–water partition coefficient (Wildman–Crippen LogP) is 1.96. The van der Waals surface area contributed by atoms with Crippen LogP contribution in [0.4, 0.5) is 14.5 Å². The van der Waals surface area contributed by atoms with E-state index in [1.54, 1.807) is 0 Å². The molecule has 1 atom stereocenters. The molecule has 29 heavy (non-hydrogen) atoms. The minimum Gasteiger partial charge on any atom is -0.491 e. The first kappa shape index (κ1) is 21.2. The van der Waals surface area contributed by atoms with Gasteiger partial charge in [-0.3, -0.25) is 14.6 Å². The Morgan fingerprint density at radius 1 is 0.966 bits per heavy atom. The van der Waals surface area contributed by atoms with Gasteiger partial charge in [0, 0.05) is 38.4 Å². The Bertz CT molecular complexity index is 779. The van der Waals surface area contributed by atoms with Crippen molar-refractivity contribution in [2.24, 2.45) is 0 Å². The molecule has 1 fully saturated rings. The molecule has 1 amide bonds. The van der Waals surface area contributed by atoms with Crippen molar-refractivity contribution in [1.29, 1.82) is 0 Å². The number of carbonyl (C=O) groups is 1. The molecule has 1 aliphatic rings. The molecule has 0 bridgehead atoms. The summed E-state index contributed by atoms with van der Waals surface area (Å²) in [6.07, 6.45) is -0.659. The number of amides is 1. The fourth-order valence-electron chi connectivity index (χ4n) is 3.14. The minimum absolute atomic E-state index is 0.131. The second kappa shape index (κ2) is 10.3. The van der Waals surface area contributed by atoms with Gasteiger partial charge < -0.3 is 15.2 Å². The third-order valence-electron chi connectivity index (χ3n) is 4.69. The molecular formula is C21H25F2N3O3. The normalized spacial score (nSPS) is 16.4. The van der Waals surface area contributed by atoms with Crippen LogP contribution >= 0.6 is 0 Å². The van der Waals surface area contributed by atoms with Crippen molar-refractivity contribution in [2.75, 3.05) is 51.2 Å². The van der Waals surface area contributed by atoms with Crippen molar-refractivity contribution < 1.29 is 23.4 Å². The third kappa shape index (κ3) is 7.08. The van der Waals surface area contributed by atoms with Crippen LogP contribution in [0.15, 0.2) is 48.5 Å². The highest BCUT2D eigenvalue weighted by Crippen LogP contribution is 2.12. The number of carbonyl (C=O) groups excluding carboxylic acids is 1. The van der Waals surface area contributed by atoms with Crippen molar-refractivity contribution in [3.05, 3.63) is 60.2 Å². The number of hydrogen-bond acceptors (Lipinski definition) is 5. The van der Waals surface area contributed by atoms with Gasteiger partial charge in [-0.15, -0.1) is 0 Å². The number of halogens is 2. The second-order valence-corrected chi connectivity index (χ2v) is 7.05. The molecule has 1 unspecified atom stereocenters. The molecule has 2 aromatic carbocycles. The Balaban J connectivity index is 1.33. The summed E-state index contributed by atoms with van der Waals surface area (Å²) in [5.41, 5.74) is 0.569. The van der Waals surface area contributed by atoms with E-state index in [-0.39, 0.29) is 30.7 Å². The molecule has 2 aromatic rings. The maximum atomic E-state index is 12.9. The summed E-state index contributed by atoms with van der Waals surface area (Å²) in [4.78, 5) is 16.3. The lowest BCUT2D eigenvalue weighted by atomic mass is 10.2. The fraction of sp³-hybridized carbons (Fsp3) is 0.381. The van der Waals surface area contributed by atoms with Gasteiger partial charge in [0.25, 0.3) is 0 Å². The summed E-state index contributed by atoms with van der Waals surface area (Å²) >= 11 is 0. The average Bonchev–Trinajstić information content (AvgIpc) is 2.71. The van der Waals surface area contributed by atoms with E-state index >= 15 is 0 Å². The Labute approximate surface area is 168 Å². The number of nitrogens with one attached hydrogen (secondary N) is 1. The topological polar surface area (TPSA) is 65.0 Å². The highest BCUT2D eigenvalue weighted by molar-refractivity contribution is 5.92. The number of aliphatic hydroxyl groups excluding tert-OH is 1. The molecule has 0 radical (unpaired) electrons. The van der Waals surface area contributed by atoms with E-state index in [0.29, 0.717) is 31.1 Å². The van der Waals surface area contributed by atoms with E-state index in [1.807, 2.05) is 4.90 Å². The number of nitrogens with zero attached hydrogens (tertiary/aromatic N) is 2. The number of aliphatic hydroxyl groups is 1. The van der Waals surface area contributed by atoms with Crippen molar-refractivity contribution >= 4 is 11.6 Å². The summed E-state index contributed by atoms with van der Waals surface area (Å²) in [6, 6.07) is 11.3. The van der Waals surface area contributed by atoms with E-state index in [9.17, 15) is 18.7 Å². The third-order valence-corrected chi connectivity index (χ3v) is 4.69. The Morgan fingerprint density at radius 3 is 2.14 bits per heavy atom. The Hall–Kier alpha value is -2.55. The van der Waals surface area contributed by atoms with Crippen LogP contribution in [0.2, 0.25) is 0 Å². The van der Waals surface area contributed by atoms with Crippen molar-refractivity contribution in [3.63, 3.8) is 0 Å². The van der Waals surface area contributed by atoms with E-state index in [1.165, 1.54) is 48.5 Å². The number of anilines is 1. The molecule has 2 N–H and O–H groups in total. The summed E-state index contributed by atoms with van der Waals surface area (Å²) in [6.45, 7) is 3.75. The molecule has 3 rings (SSSR count). The standard InChI is InChI=1S/C21H25F2N3O3/c22-16-1-5-18(6-2-16)24-21(28)14-26-11-9-25(10-12-26)13-19(27)15-29-20-7-3-17(23)4-8-20/h1-8,19,27H,9-15H2,(H,24,28). The molecule has 6 nitrogen and oxygen atoms in total. The summed E-state index contributed by atoms with van der Waals surface area (Å²) < 4.78 is 31.3. The maximum absolute atomic E-state index is 12.9. The zero-order valence-electron chi connectivity index (χ0n) is 16.1. The van der Waals surface area contributed by atoms with Gasteiger partial charge in [0.2, 0.25) is 5.91 Å². The monoisotopic (exact) mass is 405 g/mol. The number of piperazine rings is 1. The van der Waals surface area contributed by atoms with E-state index in [0.717, 1.165) is 13.1 Å². The number of rotatable bonds is 8. The van der Waals surface area contributed by atoms with Crippen LogP contribution in [-0.2, 0) is 4.79 Å². The Morgan fingerprint density at radius 2 is 1.52 bits per heavy atom. The van der Waals surface area contributed by atoms with E-state index in [4.69, 9.17) is 4.74 Å². The fourth-order valence-corrected chi connectivity index (χ4v) is 3.14. The van der Waals surface area contributed by atoms with Crippen LogP contribution in [0, 0.1) is 11.6 Å². The van der Waals surface area contributed by atoms with Gasteiger partial charge in [0.1, 0.15) is 30.1 Å². The van der Waals surface area contributed by atoms with E-state index in [2.05, 4.69) is 10.2 Å². The lowest BCUT2D eigenvalue weighted by Gasteiger charge is -2.35. The molecule has 0 spiro atoms. The average molecular weight is 405 g/mol. The van der Waals surface area contributed by atoms with Crippen molar-refractivity contribution in [3.8, 4) is 5.75 Å². The van der Waals surface area contributed by atoms with E-state index < -0.39 is 6.10 Å². The van der Waals surface area contributed by atoms with Gasteiger partial charge in [-0.25, -0.2) is 8.78 Å². The van der Waals surface area contributed by atoms with Crippen LogP contribution in [0.25, 0.3) is 0 Å². The van der Waals surface area contributed by atoms with Crippen LogP contribution in [0.3, 0.4) is 0 Å². The number of β-amino-alcohol motifs (C(OH)–C–C–N with tert-alkyl or cyclic N) is 1. The minimum atomic E-state index is -0.659. The quantitative estimate of drug-likeness (QED) is 0.703. The number of hydrogen-bond donors (Lipinski definition) is 2. The first-order valence-corrected chi connectivity index (χ1v) is 9.54. The van der Waals surface area contributed by atoms with Gasteiger partial charge in [0.05, 0.1) is 6.54 Å². The first-order chi connectivity index (χ1) is 14.0. The molecule has 0 aliphatic carbocycles. The Kier molecular flexibility index (Phi) is 7.51. The predicted molar refractivity (Wildman–Crippen MR) is 106 cm³/mol. The van der Waals surface area contributed by atoms with Gasteiger partial charge in [-0.05, 0) is 48.5 Å². The lowest BCUT2D eigenvalue weighted by Crippen LogP contribution is -2.50. The van der Waals surface area contributed by atoms with Crippen molar-refractivity contribution in [1.82, 2.24) is 9.80 Å². The molecule has 0 saturated carbocycles. The molecular weight excluding hydrogens is 380 g/mol. The highest BCUT2D eigenvalue weighted by atomic mass is 19.1. The molecule has 1 saturated heterocycles. The smallest absolute Gasteiger partial charge is 0.238 e. The number of ether oxygens (including phenoxy) is 1. The van der Waals surface area contributed by atoms with Gasteiger partial charge in [0.15, 0.2) is 0 Å². The highest BCUT2D eigenvalue weighted by Gasteiger charge is 2.21. The lowest BCUT2D eigenvalue weighted by molar-refractivity contribution is -0.117. The van der Waals surface area contributed by atoms with Gasteiger partial charge in [-0.1, -0.05) is 0 Å². The molecule has 0 aromatic heterocycles. The zero-order valence-corrected chi connectivity index (χ0v) is 16.1. The van der Waals surface area contributed by atoms with Crippen LogP contribution < -0.4 is 10.1 Å². The van der Waals surface area contributed by atoms with Crippen LogP contribution in [-0.4, -0.2) is 72.8 Å². The molecule has 1 aliphatic heterocycles. The second-order valence-electron chi connectivity index (χ2n) is 7.05. The van der Waals surface area contributed by atoms with Gasteiger partial charge >= 0.3 is 0 Å². The van der Waals surface area contributed by atoms with Crippen LogP contribution in [0.5, 0.6) is 5.75 Å². The summed E-state index contributed by atoms with van der Waals surface area (Å²) in [5.74, 6) is -0.299. The molecule has 156 valence electrons.